The Morgan fingerprint density at radius 2 is 2.23 bits per heavy atom. The molecule has 0 radical (unpaired) electrons. The van der Waals surface area contributed by atoms with E-state index in [9.17, 15) is 4.79 Å². The van der Waals surface area contributed by atoms with Crippen molar-refractivity contribution in [1.29, 1.82) is 0 Å². The third-order valence-corrected chi connectivity index (χ3v) is 4.14. The van der Waals surface area contributed by atoms with Crippen LogP contribution in [0, 0.1) is 0 Å². The van der Waals surface area contributed by atoms with Crippen LogP contribution >= 0.6 is 11.6 Å². The normalized spacial score (nSPS) is 18.3. The van der Waals surface area contributed by atoms with Crippen molar-refractivity contribution in [3.8, 4) is 11.3 Å². The number of hydrogen-bond donors (Lipinski definition) is 1. The van der Waals surface area contributed by atoms with Crippen molar-refractivity contribution in [2.75, 3.05) is 19.6 Å². The zero-order chi connectivity index (χ0) is 15.5. The maximum Gasteiger partial charge on any atom is 0.255 e. The van der Waals surface area contributed by atoms with Gasteiger partial charge in [-0.15, -0.1) is 0 Å². The Morgan fingerprint density at radius 3 is 2.95 bits per heavy atom. The Morgan fingerprint density at radius 1 is 1.36 bits per heavy atom. The van der Waals surface area contributed by atoms with Gasteiger partial charge < -0.3 is 10.2 Å². The van der Waals surface area contributed by atoms with Gasteiger partial charge in [-0.2, -0.15) is 0 Å². The first-order valence-corrected chi connectivity index (χ1v) is 7.76. The zero-order valence-corrected chi connectivity index (χ0v) is 13.2. The fourth-order valence-corrected chi connectivity index (χ4v) is 2.87. The van der Waals surface area contributed by atoms with Crippen molar-refractivity contribution in [1.82, 2.24) is 15.2 Å². The SMILES string of the molecule is C[C@@H]1CN(C(=O)c2cc(-c3ccccn3)ccc2Cl)CCN1. The van der Waals surface area contributed by atoms with Crippen molar-refractivity contribution in [3.05, 3.63) is 53.2 Å². The first-order chi connectivity index (χ1) is 10.6. The monoisotopic (exact) mass is 315 g/mol. The molecule has 0 bridgehead atoms. The summed E-state index contributed by atoms with van der Waals surface area (Å²) < 4.78 is 0. The number of piperazine rings is 1. The molecule has 1 aromatic heterocycles. The Kier molecular flexibility index (Phi) is 4.41. The molecular formula is C17H18ClN3O. The van der Waals surface area contributed by atoms with E-state index in [0.29, 0.717) is 29.7 Å². The lowest BCUT2D eigenvalue weighted by molar-refractivity contribution is 0.0709. The van der Waals surface area contributed by atoms with E-state index in [1.165, 1.54) is 0 Å². The molecule has 1 aliphatic heterocycles. The number of carbonyl (C=O) groups excluding carboxylic acids is 1. The molecule has 0 spiro atoms. The number of aromatic nitrogens is 1. The van der Waals surface area contributed by atoms with Gasteiger partial charge in [0.2, 0.25) is 0 Å². The van der Waals surface area contributed by atoms with Crippen molar-refractivity contribution >= 4 is 17.5 Å². The van der Waals surface area contributed by atoms with E-state index < -0.39 is 0 Å². The van der Waals surface area contributed by atoms with Crippen LogP contribution in [0.2, 0.25) is 5.02 Å². The van der Waals surface area contributed by atoms with Gasteiger partial charge in [-0.25, -0.2) is 0 Å². The summed E-state index contributed by atoms with van der Waals surface area (Å²) >= 11 is 6.25. The largest absolute Gasteiger partial charge is 0.336 e. The number of halogens is 1. The van der Waals surface area contributed by atoms with Gasteiger partial charge in [0.25, 0.3) is 5.91 Å². The highest BCUT2D eigenvalue weighted by molar-refractivity contribution is 6.34. The second kappa shape index (κ2) is 6.46. The predicted octanol–water partition coefficient (Wildman–Crippen LogP) is 2.84. The van der Waals surface area contributed by atoms with E-state index in [4.69, 9.17) is 11.6 Å². The van der Waals surface area contributed by atoms with Crippen LogP contribution in [0.25, 0.3) is 11.3 Å². The van der Waals surface area contributed by atoms with Crippen LogP contribution in [0.1, 0.15) is 17.3 Å². The molecule has 1 atom stereocenters. The summed E-state index contributed by atoms with van der Waals surface area (Å²) in [5.74, 6) is -0.0175. The van der Waals surface area contributed by atoms with Gasteiger partial charge in [-0.05, 0) is 31.2 Å². The molecule has 0 aliphatic carbocycles. The molecular weight excluding hydrogens is 298 g/mol. The Balaban J connectivity index is 1.91. The number of pyridine rings is 1. The van der Waals surface area contributed by atoms with Gasteiger partial charge in [0.15, 0.2) is 0 Å². The average molecular weight is 316 g/mol. The molecule has 1 N–H and O–H groups in total. The van der Waals surface area contributed by atoms with Gasteiger partial charge in [0.1, 0.15) is 0 Å². The minimum absolute atomic E-state index is 0.0175. The number of nitrogens with one attached hydrogen (secondary N) is 1. The van der Waals surface area contributed by atoms with E-state index in [-0.39, 0.29) is 5.91 Å². The minimum Gasteiger partial charge on any atom is -0.336 e. The predicted molar refractivity (Wildman–Crippen MR) is 88.1 cm³/mol. The number of nitrogens with zero attached hydrogens (tertiary/aromatic N) is 2. The first-order valence-electron chi connectivity index (χ1n) is 7.39. The number of amides is 1. The number of benzene rings is 1. The van der Waals surface area contributed by atoms with Gasteiger partial charge in [0, 0.05) is 37.4 Å². The van der Waals surface area contributed by atoms with Crippen molar-refractivity contribution < 1.29 is 4.79 Å². The van der Waals surface area contributed by atoms with Crippen LogP contribution in [-0.4, -0.2) is 41.5 Å². The fraction of sp³-hybridized carbons (Fsp3) is 0.294. The van der Waals surface area contributed by atoms with Gasteiger partial charge in [-0.1, -0.05) is 23.7 Å². The third-order valence-electron chi connectivity index (χ3n) is 3.81. The highest BCUT2D eigenvalue weighted by Crippen LogP contribution is 2.25. The van der Waals surface area contributed by atoms with Gasteiger partial charge in [-0.3, -0.25) is 9.78 Å². The Hall–Kier alpha value is -1.91. The van der Waals surface area contributed by atoms with E-state index in [1.807, 2.05) is 35.2 Å². The van der Waals surface area contributed by atoms with Gasteiger partial charge in [0.05, 0.1) is 16.3 Å². The van der Waals surface area contributed by atoms with Crippen LogP contribution in [0.5, 0.6) is 0 Å². The minimum atomic E-state index is -0.0175. The molecule has 114 valence electrons. The standard InChI is InChI=1S/C17H18ClN3O/c1-12-11-21(9-8-19-12)17(22)14-10-13(5-6-15(14)18)16-4-2-3-7-20-16/h2-7,10,12,19H,8-9,11H2,1H3/t12-/m1/s1. The molecule has 1 amide bonds. The summed E-state index contributed by atoms with van der Waals surface area (Å²) in [6, 6.07) is 11.5. The summed E-state index contributed by atoms with van der Waals surface area (Å²) in [7, 11) is 0. The molecule has 5 heteroatoms. The maximum atomic E-state index is 12.7. The van der Waals surface area contributed by atoms with Gasteiger partial charge >= 0.3 is 0 Å². The van der Waals surface area contributed by atoms with E-state index in [2.05, 4.69) is 17.2 Å². The molecule has 1 aromatic carbocycles. The van der Waals surface area contributed by atoms with Crippen LogP contribution in [-0.2, 0) is 0 Å². The van der Waals surface area contributed by atoms with Crippen molar-refractivity contribution in [2.45, 2.75) is 13.0 Å². The molecule has 22 heavy (non-hydrogen) atoms. The summed E-state index contributed by atoms with van der Waals surface area (Å²) in [6.45, 7) is 4.28. The second-order valence-electron chi connectivity index (χ2n) is 5.52. The topological polar surface area (TPSA) is 45.2 Å². The second-order valence-corrected chi connectivity index (χ2v) is 5.92. The molecule has 1 aliphatic rings. The summed E-state index contributed by atoms with van der Waals surface area (Å²) in [5, 5.41) is 3.82. The smallest absolute Gasteiger partial charge is 0.255 e. The van der Waals surface area contributed by atoms with E-state index in [0.717, 1.165) is 17.8 Å². The molecule has 0 unspecified atom stereocenters. The number of carbonyl (C=O) groups is 1. The lowest BCUT2D eigenvalue weighted by atomic mass is 10.1. The molecule has 2 aromatic rings. The Bertz CT molecular complexity index is 675. The molecule has 1 fully saturated rings. The van der Waals surface area contributed by atoms with E-state index >= 15 is 0 Å². The highest BCUT2D eigenvalue weighted by atomic mass is 35.5. The average Bonchev–Trinajstić information content (AvgIpc) is 2.55. The fourth-order valence-electron chi connectivity index (χ4n) is 2.67. The molecule has 1 saturated heterocycles. The Labute approximate surface area is 135 Å². The molecule has 3 rings (SSSR count). The lowest BCUT2D eigenvalue weighted by Gasteiger charge is -2.32. The first kappa shape index (κ1) is 15.0. The van der Waals surface area contributed by atoms with Crippen LogP contribution in [0.3, 0.4) is 0 Å². The maximum absolute atomic E-state index is 12.7. The van der Waals surface area contributed by atoms with Crippen LogP contribution < -0.4 is 5.32 Å². The quantitative estimate of drug-likeness (QED) is 0.927. The molecule has 0 saturated carbocycles. The van der Waals surface area contributed by atoms with Crippen molar-refractivity contribution in [2.24, 2.45) is 0 Å². The number of hydrogen-bond acceptors (Lipinski definition) is 3. The summed E-state index contributed by atoms with van der Waals surface area (Å²) in [5.41, 5.74) is 2.28. The molecule has 4 nitrogen and oxygen atoms in total. The zero-order valence-electron chi connectivity index (χ0n) is 12.4. The molecule has 2 heterocycles. The summed E-state index contributed by atoms with van der Waals surface area (Å²) in [6.07, 6.45) is 1.74. The third kappa shape index (κ3) is 3.13. The van der Waals surface area contributed by atoms with Crippen LogP contribution in [0.15, 0.2) is 42.6 Å². The number of rotatable bonds is 2. The van der Waals surface area contributed by atoms with Crippen LogP contribution in [0.4, 0.5) is 0 Å². The lowest BCUT2D eigenvalue weighted by Crippen LogP contribution is -2.51. The van der Waals surface area contributed by atoms with Crippen molar-refractivity contribution in [3.63, 3.8) is 0 Å². The van der Waals surface area contributed by atoms with E-state index in [1.54, 1.807) is 12.3 Å². The highest BCUT2D eigenvalue weighted by Gasteiger charge is 2.23. The summed E-state index contributed by atoms with van der Waals surface area (Å²) in [4.78, 5) is 18.9.